The molecule has 0 saturated carbocycles. The second-order valence-corrected chi connectivity index (χ2v) is 22.0. The van der Waals surface area contributed by atoms with Gasteiger partial charge in [0, 0.05) is 19.3 Å². The molecule has 0 N–H and O–H groups in total. The fraction of sp³-hybridized carbons (Fsp3) is 0.786. The summed E-state index contributed by atoms with van der Waals surface area (Å²) >= 11 is 0. The van der Waals surface area contributed by atoms with Gasteiger partial charge in [-0.25, -0.2) is 0 Å². The lowest BCUT2D eigenvalue weighted by Gasteiger charge is -2.18. The summed E-state index contributed by atoms with van der Waals surface area (Å²) in [5, 5.41) is 0. The number of rotatable bonds is 60. The van der Waals surface area contributed by atoms with Crippen LogP contribution in [0.15, 0.2) is 72.9 Å². The molecule has 0 saturated heterocycles. The number of esters is 3. The largest absolute Gasteiger partial charge is 0.462 e. The number of hydrogen-bond donors (Lipinski definition) is 0. The predicted molar refractivity (Wildman–Crippen MR) is 330 cm³/mol. The Bertz CT molecular complexity index is 1400. The second kappa shape index (κ2) is 64.4. The summed E-state index contributed by atoms with van der Waals surface area (Å²) < 4.78 is 16.9. The van der Waals surface area contributed by atoms with E-state index in [2.05, 4.69) is 93.7 Å². The van der Waals surface area contributed by atoms with Gasteiger partial charge in [-0.15, -0.1) is 0 Å². The first-order chi connectivity index (χ1) is 37.5. The molecule has 0 aromatic heterocycles. The molecule has 0 aliphatic heterocycles. The molecule has 0 radical (unpaired) electrons. The normalized spacial score (nSPS) is 12.5. The second-order valence-electron chi connectivity index (χ2n) is 22.0. The Morgan fingerprint density at radius 3 is 0.803 bits per heavy atom. The van der Waals surface area contributed by atoms with Crippen LogP contribution >= 0.6 is 0 Å². The van der Waals surface area contributed by atoms with Gasteiger partial charge in [-0.05, 0) is 70.6 Å². The third-order valence-corrected chi connectivity index (χ3v) is 14.5. The third kappa shape index (κ3) is 61.7. The van der Waals surface area contributed by atoms with Crippen LogP contribution < -0.4 is 0 Å². The molecule has 440 valence electrons. The highest BCUT2D eigenvalue weighted by Crippen LogP contribution is 2.17. The predicted octanol–water partition coefficient (Wildman–Crippen LogP) is 22.5. The lowest BCUT2D eigenvalue weighted by atomic mass is 10.0. The summed E-state index contributed by atoms with van der Waals surface area (Å²) in [6.07, 6.45) is 83.5. The van der Waals surface area contributed by atoms with Crippen LogP contribution in [0, 0.1) is 0 Å². The molecular formula is C70H124O6. The molecule has 1 atom stereocenters. The number of ether oxygens (including phenoxy) is 3. The smallest absolute Gasteiger partial charge is 0.306 e. The number of carbonyl (C=O) groups is 3. The minimum absolute atomic E-state index is 0.0758. The average Bonchev–Trinajstić information content (AvgIpc) is 3.42. The number of carbonyl (C=O) groups excluding carboxylic acids is 3. The zero-order chi connectivity index (χ0) is 55.0. The monoisotopic (exact) mass is 1060 g/mol. The highest BCUT2D eigenvalue weighted by molar-refractivity contribution is 5.71. The topological polar surface area (TPSA) is 78.9 Å². The van der Waals surface area contributed by atoms with Gasteiger partial charge < -0.3 is 14.2 Å². The van der Waals surface area contributed by atoms with Crippen molar-refractivity contribution < 1.29 is 28.6 Å². The SMILES string of the molecule is CC/C=C\C/C=C\C/C=C\C/C=C\C/C=C\C/C=C\CCCCCCCCC(=O)OCC(COC(=O)CCCCCCCCCCCC)OC(=O)CCCCCCCCCCCCCCCCCCCCCCCCC. The quantitative estimate of drug-likeness (QED) is 0.0261. The van der Waals surface area contributed by atoms with E-state index in [0.717, 1.165) is 103 Å². The van der Waals surface area contributed by atoms with Crippen molar-refractivity contribution in [3.8, 4) is 0 Å². The van der Waals surface area contributed by atoms with Gasteiger partial charge in [-0.3, -0.25) is 14.4 Å². The Labute approximate surface area is 472 Å². The molecule has 0 aliphatic carbocycles. The number of unbranched alkanes of at least 4 members (excludes halogenated alkanes) is 37. The van der Waals surface area contributed by atoms with E-state index in [0.29, 0.717) is 19.3 Å². The fourth-order valence-electron chi connectivity index (χ4n) is 9.57. The van der Waals surface area contributed by atoms with E-state index in [1.54, 1.807) is 0 Å². The zero-order valence-corrected chi connectivity index (χ0v) is 50.5. The van der Waals surface area contributed by atoms with Crippen LogP contribution in [0.25, 0.3) is 0 Å². The van der Waals surface area contributed by atoms with Gasteiger partial charge in [0.15, 0.2) is 6.10 Å². The van der Waals surface area contributed by atoms with Crippen LogP contribution in [-0.2, 0) is 28.6 Å². The van der Waals surface area contributed by atoms with E-state index in [1.165, 1.54) is 193 Å². The van der Waals surface area contributed by atoms with E-state index < -0.39 is 6.10 Å². The highest BCUT2D eigenvalue weighted by atomic mass is 16.6. The molecule has 76 heavy (non-hydrogen) atoms. The summed E-state index contributed by atoms with van der Waals surface area (Å²) in [7, 11) is 0. The fourth-order valence-corrected chi connectivity index (χ4v) is 9.57. The van der Waals surface area contributed by atoms with Crippen molar-refractivity contribution in [2.45, 2.75) is 341 Å². The van der Waals surface area contributed by atoms with Gasteiger partial charge in [0.1, 0.15) is 13.2 Å². The van der Waals surface area contributed by atoms with Crippen molar-refractivity contribution in [2.75, 3.05) is 13.2 Å². The molecule has 0 aromatic carbocycles. The van der Waals surface area contributed by atoms with Crippen LogP contribution in [0.5, 0.6) is 0 Å². The van der Waals surface area contributed by atoms with Crippen LogP contribution in [-0.4, -0.2) is 37.2 Å². The van der Waals surface area contributed by atoms with Crippen LogP contribution in [0.3, 0.4) is 0 Å². The van der Waals surface area contributed by atoms with E-state index in [9.17, 15) is 14.4 Å². The first-order valence-corrected chi connectivity index (χ1v) is 32.9. The van der Waals surface area contributed by atoms with Crippen molar-refractivity contribution in [3.05, 3.63) is 72.9 Å². The van der Waals surface area contributed by atoms with Crippen molar-refractivity contribution in [2.24, 2.45) is 0 Å². The van der Waals surface area contributed by atoms with Crippen molar-refractivity contribution in [1.82, 2.24) is 0 Å². The van der Waals surface area contributed by atoms with Gasteiger partial charge >= 0.3 is 17.9 Å². The maximum atomic E-state index is 12.9. The minimum Gasteiger partial charge on any atom is -0.462 e. The summed E-state index contributed by atoms with van der Waals surface area (Å²) in [6.45, 7) is 6.55. The maximum absolute atomic E-state index is 12.9. The Morgan fingerprint density at radius 1 is 0.276 bits per heavy atom. The molecule has 0 heterocycles. The summed E-state index contributed by atoms with van der Waals surface area (Å²) in [6, 6.07) is 0. The Morgan fingerprint density at radius 2 is 0.513 bits per heavy atom. The lowest BCUT2D eigenvalue weighted by Crippen LogP contribution is -2.30. The lowest BCUT2D eigenvalue weighted by molar-refractivity contribution is -0.167. The zero-order valence-electron chi connectivity index (χ0n) is 50.5. The standard InChI is InChI=1S/C70H124O6/c1-4-7-10-13-16-19-22-24-26-28-30-32-34-35-37-38-40-42-44-46-48-51-54-57-60-63-69(72)75-66-67(65-74-68(71)62-59-56-53-50-21-18-15-12-9-6-3)76-70(73)64-61-58-55-52-49-47-45-43-41-39-36-33-31-29-27-25-23-20-17-14-11-8-5-2/h7,10,16,19,24,26,30,32,35,37,40,42,67H,4-6,8-9,11-15,17-18,20-23,25,27-29,31,33-34,36,38-39,41,43-66H2,1-3H3/b10-7-,19-16-,26-24-,32-30-,37-35-,42-40-. The van der Waals surface area contributed by atoms with Gasteiger partial charge in [0.2, 0.25) is 0 Å². The molecule has 0 spiro atoms. The molecule has 1 unspecified atom stereocenters. The van der Waals surface area contributed by atoms with Crippen LogP contribution in [0.1, 0.15) is 335 Å². The number of allylic oxidation sites excluding steroid dienone is 12. The van der Waals surface area contributed by atoms with Gasteiger partial charge in [0.25, 0.3) is 0 Å². The third-order valence-electron chi connectivity index (χ3n) is 14.5. The van der Waals surface area contributed by atoms with Crippen molar-refractivity contribution >= 4 is 17.9 Å². The van der Waals surface area contributed by atoms with Gasteiger partial charge in [0.05, 0.1) is 0 Å². The van der Waals surface area contributed by atoms with E-state index in [4.69, 9.17) is 14.2 Å². The Kier molecular flexibility index (Phi) is 61.7. The first kappa shape index (κ1) is 72.8. The maximum Gasteiger partial charge on any atom is 0.306 e. The Balaban J connectivity index is 4.25. The van der Waals surface area contributed by atoms with Gasteiger partial charge in [-0.1, -0.05) is 318 Å². The minimum atomic E-state index is -0.779. The molecule has 6 nitrogen and oxygen atoms in total. The summed E-state index contributed by atoms with van der Waals surface area (Å²) in [4.78, 5) is 38.3. The molecule has 0 aromatic rings. The van der Waals surface area contributed by atoms with Crippen molar-refractivity contribution in [3.63, 3.8) is 0 Å². The Hall–Kier alpha value is -3.15. The first-order valence-electron chi connectivity index (χ1n) is 32.9. The van der Waals surface area contributed by atoms with Crippen LogP contribution in [0.2, 0.25) is 0 Å². The van der Waals surface area contributed by atoms with E-state index in [-0.39, 0.29) is 31.1 Å². The van der Waals surface area contributed by atoms with Gasteiger partial charge in [-0.2, -0.15) is 0 Å². The van der Waals surface area contributed by atoms with E-state index >= 15 is 0 Å². The molecule has 0 aliphatic rings. The van der Waals surface area contributed by atoms with E-state index in [1.807, 2.05) is 0 Å². The summed E-state index contributed by atoms with van der Waals surface area (Å²) in [5.41, 5.74) is 0. The number of hydrogen-bond acceptors (Lipinski definition) is 6. The average molecular weight is 1060 g/mol. The van der Waals surface area contributed by atoms with Crippen LogP contribution in [0.4, 0.5) is 0 Å². The molecule has 0 fully saturated rings. The molecule has 0 rings (SSSR count). The highest BCUT2D eigenvalue weighted by Gasteiger charge is 2.19. The molecule has 0 bridgehead atoms. The molecule has 6 heteroatoms. The van der Waals surface area contributed by atoms with Crippen molar-refractivity contribution in [1.29, 1.82) is 0 Å². The molecule has 0 amide bonds. The summed E-state index contributed by atoms with van der Waals surface area (Å²) in [5.74, 6) is -0.875. The molecular weight excluding hydrogens is 937 g/mol.